The number of anilines is 1. The summed E-state index contributed by atoms with van der Waals surface area (Å²) in [5.41, 5.74) is 1.99. The van der Waals surface area contributed by atoms with E-state index in [1.54, 1.807) is 56.5 Å². The molecule has 3 rings (SSSR count). The Morgan fingerprint density at radius 2 is 1.93 bits per heavy atom. The zero-order valence-electron chi connectivity index (χ0n) is 15.6. The van der Waals surface area contributed by atoms with Crippen molar-refractivity contribution in [3.8, 4) is 16.9 Å². The van der Waals surface area contributed by atoms with Gasteiger partial charge in [-0.1, -0.05) is 47.1 Å². The predicted octanol–water partition coefficient (Wildman–Crippen LogP) is 4.79. The van der Waals surface area contributed by atoms with Crippen LogP contribution in [-0.2, 0) is 4.79 Å². The fraction of sp³-hybridized carbons (Fsp3) is 0.150. The van der Waals surface area contributed by atoms with E-state index in [9.17, 15) is 9.59 Å². The minimum Gasteiger partial charge on any atom is -0.497 e. The lowest BCUT2D eigenvalue weighted by atomic mass is 10.1. The number of thioether (sulfide) groups is 1. The summed E-state index contributed by atoms with van der Waals surface area (Å²) < 4.78 is 5.14. The number of methoxy groups -OCH3 is 1. The molecule has 0 aliphatic rings. The van der Waals surface area contributed by atoms with Crippen LogP contribution in [0.3, 0.4) is 0 Å². The highest BCUT2D eigenvalue weighted by molar-refractivity contribution is 7.99. The van der Waals surface area contributed by atoms with Gasteiger partial charge in [0.25, 0.3) is 5.56 Å². The van der Waals surface area contributed by atoms with Crippen molar-refractivity contribution in [1.29, 1.82) is 0 Å². The maximum atomic E-state index is 12.6. The smallest absolute Gasteiger partial charge is 0.259 e. The van der Waals surface area contributed by atoms with E-state index < -0.39 is 0 Å². The molecule has 1 aromatic heterocycles. The molecular weight excluding hydrogens is 433 g/mol. The van der Waals surface area contributed by atoms with Gasteiger partial charge in [0, 0.05) is 5.02 Å². The van der Waals surface area contributed by atoms with Gasteiger partial charge in [-0.25, -0.2) is 4.98 Å². The van der Waals surface area contributed by atoms with Crippen LogP contribution in [0, 0.1) is 6.92 Å². The maximum Gasteiger partial charge on any atom is 0.259 e. The molecule has 1 heterocycles. The molecule has 2 N–H and O–H groups in total. The first-order valence-corrected chi connectivity index (χ1v) is 10.2. The van der Waals surface area contributed by atoms with Crippen molar-refractivity contribution in [2.75, 3.05) is 18.2 Å². The minimum absolute atomic E-state index is 0.0587. The molecule has 0 spiro atoms. The molecule has 0 saturated heterocycles. The number of benzene rings is 2. The lowest BCUT2D eigenvalue weighted by molar-refractivity contribution is -0.113. The molecule has 150 valence electrons. The van der Waals surface area contributed by atoms with Crippen LogP contribution < -0.4 is 15.6 Å². The second kappa shape index (κ2) is 9.35. The van der Waals surface area contributed by atoms with Gasteiger partial charge in [-0.05, 0) is 42.8 Å². The summed E-state index contributed by atoms with van der Waals surface area (Å²) in [7, 11) is 1.58. The van der Waals surface area contributed by atoms with Gasteiger partial charge in [-0.2, -0.15) is 0 Å². The van der Waals surface area contributed by atoms with Gasteiger partial charge in [0.15, 0.2) is 5.16 Å². The van der Waals surface area contributed by atoms with E-state index in [2.05, 4.69) is 15.3 Å². The molecule has 0 bridgehead atoms. The number of halogens is 2. The van der Waals surface area contributed by atoms with Crippen LogP contribution in [0.4, 0.5) is 5.69 Å². The van der Waals surface area contributed by atoms with E-state index in [1.807, 2.05) is 0 Å². The van der Waals surface area contributed by atoms with E-state index >= 15 is 0 Å². The van der Waals surface area contributed by atoms with Crippen molar-refractivity contribution in [2.24, 2.45) is 0 Å². The van der Waals surface area contributed by atoms with Crippen LogP contribution in [0.1, 0.15) is 5.69 Å². The first-order valence-electron chi connectivity index (χ1n) is 8.50. The van der Waals surface area contributed by atoms with Gasteiger partial charge in [-0.3, -0.25) is 9.59 Å². The average Bonchev–Trinajstić information content (AvgIpc) is 2.68. The standard InChI is InChI=1S/C20H17Cl2N3O3S/c1-11-18(12-3-6-14(28-2)7-4-12)19(27)25-20(23-11)29-10-17(26)24-16-8-5-13(21)9-15(16)22/h3-9H,10H2,1-2H3,(H,24,26)(H,23,25,27). The number of rotatable bonds is 6. The largest absolute Gasteiger partial charge is 0.497 e. The third-order valence-corrected chi connectivity index (χ3v) is 5.42. The monoisotopic (exact) mass is 449 g/mol. The first kappa shape index (κ1) is 21.2. The molecule has 0 aliphatic carbocycles. The molecule has 0 unspecified atom stereocenters. The van der Waals surface area contributed by atoms with Crippen molar-refractivity contribution >= 4 is 46.6 Å². The van der Waals surface area contributed by atoms with Gasteiger partial charge in [-0.15, -0.1) is 0 Å². The van der Waals surface area contributed by atoms with E-state index in [1.165, 1.54) is 0 Å². The number of aromatic amines is 1. The van der Waals surface area contributed by atoms with Crippen molar-refractivity contribution in [3.05, 3.63) is 68.6 Å². The normalized spacial score (nSPS) is 10.6. The van der Waals surface area contributed by atoms with Crippen LogP contribution in [0.25, 0.3) is 11.1 Å². The van der Waals surface area contributed by atoms with Crippen LogP contribution >= 0.6 is 35.0 Å². The topological polar surface area (TPSA) is 84.1 Å². The maximum absolute atomic E-state index is 12.6. The Bertz CT molecular complexity index is 1100. The molecule has 9 heteroatoms. The molecule has 1 amide bonds. The molecule has 0 fully saturated rings. The molecule has 2 aromatic carbocycles. The quantitative estimate of drug-likeness (QED) is 0.417. The van der Waals surface area contributed by atoms with Crippen molar-refractivity contribution in [1.82, 2.24) is 9.97 Å². The molecule has 3 aromatic rings. The highest BCUT2D eigenvalue weighted by atomic mass is 35.5. The molecule has 0 saturated carbocycles. The lowest BCUT2D eigenvalue weighted by Gasteiger charge is -2.09. The Kier molecular flexibility index (Phi) is 6.84. The van der Waals surface area contributed by atoms with Gasteiger partial charge in [0.05, 0.1) is 34.8 Å². The number of hydrogen-bond donors (Lipinski definition) is 2. The number of carbonyl (C=O) groups excluding carboxylic acids is 1. The number of H-pyrrole nitrogens is 1. The molecule has 29 heavy (non-hydrogen) atoms. The van der Waals surface area contributed by atoms with E-state index in [0.717, 1.165) is 17.3 Å². The predicted molar refractivity (Wildman–Crippen MR) is 117 cm³/mol. The Labute approximate surface area is 181 Å². The van der Waals surface area contributed by atoms with Crippen LogP contribution in [0.2, 0.25) is 10.0 Å². The van der Waals surface area contributed by atoms with E-state index in [-0.39, 0.29) is 17.2 Å². The lowest BCUT2D eigenvalue weighted by Crippen LogP contribution is -2.17. The van der Waals surface area contributed by atoms with Gasteiger partial charge in [0.2, 0.25) is 5.91 Å². The van der Waals surface area contributed by atoms with Crippen LogP contribution in [0.15, 0.2) is 52.4 Å². The first-order chi connectivity index (χ1) is 13.9. The summed E-state index contributed by atoms with van der Waals surface area (Å²) in [5, 5.41) is 3.90. The fourth-order valence-electron chi connectivity index (χ4n) is 2.64. The zero-order valence-corrected chi connectivity index (χ0v) is 17.9. The Balaban J connectivity index is 1.70. The van der Waals surface area contributed by atoms with Crippen molar-refractivity contribution in [3.63, 3.8) is 0 Å². The second-order valence-electron chi connectivity index (χ2n) is 6.02. The molecule has 0 atom stereocenters. The van der Waals surface area contributed by atoms with Crippen molar-refractivity contribution < 1.29 is 9.53 Å². The summed E-state index contributed by atoms with van der Waals surface area (Å²) in [6.45, 7) is 1.76. The third-order valence-electron chi connectivity index (χ3n) is 4.00. The number of nitrogens with zero attached hydrogens (tertiary/aromatic N) is 1. The molecule has 6 nitrogen and oxygen atoms in total. The fourth-order valence-corrected chi connectivity index (χ4v) is 3.80. The Hall–Kier alpha value is -2.48. The Morgan fingerprint density at radius 1 is 1.21 bits per heavy atom. The SMILES string of the molecule is COc1ccc(-c2c(C)nc(SCC(=O)Nc3ccc(Cl)cc3Cl)[nH]c2=O)cc1. The number of aryl methyl sites for hydroxylation is 1. The molecular formula is C20H17Cl2N3O3S. The number of amides is 1. The van der Waals surface area contributed by atoms with Gasteiger partial charge < -0.3 is 15.0 Å². The number of hydrogen-bond acceptors (Lipinski definition) is 5. The minimum atomic E-state index is -0.279. The van der Waals surface area contributed by atoms with Crippen LogP contribution in [0.5, 0.6) is 5.75 Å². The highest BCUT2D eigenvalue weighted by Gasteiger charge is 2.13. The average molecular weight is 450 g/mol. The summed E-state index contributed by atoms with van der Waals surface area (Å²) in [6.07, 6.45) is 0. The zero-order chi connectivity index (χ0) is 21.0. The number of ether oxygens (including phenoxy) is 1. The summed E-state index contributed by atoms with van der Waals surface area (Å²) in [6, 6.07) is 12.0. The van der Waals surface area contributed by atoms with Crippen LogP contribution in [-0.4, -0.2) is 28.7 Å². The number of nitrogens with one attached hydrogen (secondary N) is 2. The van der Waals surface area contributed by atoms with E-state index in [4.69, 9.17) is 27.9 Å². The second-order valence-corrected chi connectivity index (χ2v) is 7.83. The van der Waals surface area contributed by atoms with E-state index in [0.29, 0.717) is 37.9 Å². The molecule has 0 aliphatic heterocycles. The van der Waals surface area contributed by atoms with Gasteiger partial charge >= 0.3 is 0 Å². The number of carbonyl (C=O) groups is 1. The Morgan fingerprint density at radius 3 is 2.55 bits per heavy atom. The van der Waals surface area contributed by atoms with Gasteiger partial charge in [0.1, 0.15) is 5.75 Å². The third kappa shape index (κ3) is 5.32. The highest BCUT2D eigenvalue weighted by Crippen LogP contribution is 2.26. The molecule has 0 radical (unpaired) electrons. The summed E-state index contributed by atoms with van der Waals surface area (Å²) in [5.74, 6) is 0.483. The summed E-state index contributed by atoms with van der Waals surface area (Å²) in [4.78, 5) is 31.9. The number of aromatic nitrogens is 2. The summed E-state index contributed by atoms with van der Waals surface area (Å²) >= 11 is 13.0. The van der Waals surface area contributed by atoms with Crippen molar-refractivity contribution in [2.45, 2.75) is 12.1 Å².